The van der Waals surface area contributed by atoms with E-state index in [0.717, 1.165) is 6.29 Å². The number of aldehydes is 1. The molecule has 4 nitrogen and oxygen atoms in total. The van der Waals surface area contributed by atoms with Crippen LogP contribution < -0.4 is 0 Å². The molecule has 0 saturated carbocycles. The Morgan fingerprint density at radius 3 is 2.35 bits per heavy atom. The first-order chi connectivity index (χ1) is 8.20. The van der Waals surface area contributed by atoms with Gasteiger partial charge >= 0.3 is 0 Å². The molecule has 1 aliphatic heterocycles. The molecule has 17 heavy (non-hydrogen) atoms. The molecule has 4 heteroatoms. The molecule has 0 unspecified atom stereocenters. The fourth-order valence-corrected chi connectivity index (χ4v) is 1.96. The largest absolute Gasteiger partial charge is 0.393 e. The summed E-state index contributed by atoms with van der Waals surface area (Å²) in [5.41, 5.74) is 1.16. The third-order valence-electron chi connectivity index (χ3n) is 3.05. The van der Waals surface area contributed by atoms with Gasteiger partial charge in [0, 0.05) is 24.2 Å². The van der Waals surface area contributed by atoms with Crippen molar-refractivity contribution >= 4 is 12.2 Å². The second kappa shape index (κ2) is 5.10. The lowest BCUT2D eigenvalue weighted by atomic mass is 10.1. The summed E-state index contributed by atoms with van der Waals surface area (Å²) >= 11 is 0. The molecular formula is C13H15NO3. The summed E-state index contributed by atoms with van der Waals surface area (Å²) in [7, 11) is 0. The van der Waals surface area contributed by atoms with Crippen molar-refractivity contribution in [1.82, 2.24) is 4.90 Å². The Hall–Kier alpha value is -1.68. The zero-order valence-corrected chi connectivity index (χ0v) is 9.50. The number of aliphatic hydroxyl groups is 1. The molecule has 1 aliphatic rings. The normalized spacial score (nSPS) is 16.9. The van der Waals surface area contributed by atoms with Crippen LogP contribution in [0.5, 0.6) is 0 Å². The molecule has 0 radical (unpaired) electrons. The van der Waals surface area contributed by atoms with Gasteiger partial charge in [-0.2, -0.15) is 0 Å². The van der Waals surface area contributed by atoms with Crippen molar-refractivity contribution < 1.29 is 14.7 Å². The van der Waals surface area contributed by atoms with E-state index in [1.165, 1.54) is 0 Å². The third-order valence-corrected chi connectivity index (χ3v) is 3.05. The van der Waals surface area contributed by atoms with E-state index >= 15 is 0 Å². The predicted molar refractivity (Wildman–Crippen MR) is 63.0 cm³/mol. The van der Waals surface area contributed by atoms with Crippen LogP contribution in [-0.2, 0) is 0 Å². The fourth-order valence-electron chi connectivity index (χ4n) is 1.96. The summed E-state index contributed by atoms with van der Waals surface area (Å²) in [4.78, 5) is 24.3. The molecule has 1 N–H and O–H groups in total. The van der Waals surface area contributed by atoms with Gasteiger partial charge in [-0.3, -0.25) is 9.59 Å². The smallest absolute Gasteiger partial charge is 0.253 e. The van der Waals surface area contributed by atoms with Gasteiger partial charge in [-0.05, 0) is 25.0 Å². The zero-order valence-electron chi connectivity index (χ0n) is 9.50. The van der Waals surface area contributed by atoms with Gasteiger partial charge in [0.2, 0.25) is 0 Å². The van der Waals surface area contributed by atoms with E-state index in [4.69, 9.17) is 0 Å². The molecule has 1 amide bonds. The molecule has 0 spiro atoms. The van der Waals surface area contributed by atoms with Gasteiger partial charge in [0.1, 0.15) is 6.29 Å². The Morgan fingerprint density at radius 2 is 1.82 bits per heavy atom. The third kappa shape index (κ3) is 2.71. The van der Waals surface area contributed by atoms with Crippen molar-refractivity contribution in [2.24, 2.45) is 0 Å². The van der Waals surface area contributed by atoms with Crippen LogP contribution in [0.15, 0.2) is 24.3 Å². The average molecular weight is 233 g/mol. The lowest BCUT2D eigenvalue weighted by Crippen LogP contribution is -2.40. The van der Waals surface area contributed by atoms with E-state index < -0.39 is 0 Å². The number of hydrogen-bond acceptors (Lipinski definition) is 3. The number of piperidine rings is 1. The monoisotopic (exact) mass is 233 g/mol. The highest BCUT2D eigenvalue weighted by molar-refractivity contribution is 5.94. The van der Waals surface area contributed by atoms with Gasteiger partial charge in [-0.25, -0.2) is 0 Å². The lowest BCUT2D eigenvalue weighted by molar-refractivity contribution is 0.0546. The Morgan fingerprint density at radius 1 is 1.24 bits per heavy atom. The first-order valence-electron chi connectivity index (χ1n) is 5.73. The molecule has 0 aromatic heterocycles. The topological polar surface area (TPSA) is 57.6 Å². The molecule has 1 heterocycles. The number of likely N-dealkylation sites (tertiary alicyclic amines) is 1. The molecule has 90 valence electrons. The maximum atomic E-state index is 12.1. The number of amides is 1. The second-order valence-electron chi connectivity index (χ2n) is 4.26. The Balaban J connectivity index is 2.06. The standard InChI is InChI=1S/C13H15NO3/c15-9-10-1-3-11(4-2-10)13(17)14-7-5-12(16)6-8-14/h1-4,9,12,16H,5-8H2. The number of rotatable bonds is 2. The van der Waals surface area contributed by atoms with Gasteiger partial charge in [0.15, 0.2) is 0 Å². The van der Waals surface area contributed by atoms with Crippen LogP contribution in [0.2, 0.25) is 0 Å². The minimum atomic E-state index is -0.281. The van der Waals surface area contributed by atoms with Crippen molar-refractivity contribution in [2.45, 2.75) is 18.9 Å². The summed E-state index contributed by atoms with van der Waals surface area (Å²) in [6, 6.07) is 6.60. The number of carbonyl (C=O) groups excluding carboxylic acids is 2. The summed E-state index contributed by atoms with van der Waals surface area (Å²) in [6.45, 7) is 1.19. The Kier molecular flexibility index (Phi) is 3.54. The first kappa shape index (κ1) is 11.8. The minimum Gasteiger partial charge on any atom is -0.393 e. The molecule has 1 saturated heterocycles. The van der Waals surface area contributed by atoms with E-state index in [9.17, 15) is 14.7 Å². The molecule has 0 atom stereocenters. The summed E-state index contributed by atoms with van der Waals surface area (Å²) < 4.78 is 0. The van der Waals surface area contributed by atoms with E-state index in [0.29, 0.717) is 37.1 Å². The number of benzene rings is 1. The molecule has 1 fully saturated rings. The SMILES string of the molecule is O=Cc1ccc(C(=O)N2CCC(O)CC2)cc1. The van der Waals surface area contributed by atoms with Crippen LogP contribution >= 0.6 is 0 Å². The summed E-state index contributed by atoms with van der Waals surface area (Å²) in [5, 5.41) is 9.37. The number of hydrogen-bond donors (Lipinski definition) is 1. The average Bonchev–Trinajstić information content (AvgIpc) is 2.39. The highest BCUT2D eigenvalue weighted by Crippen LogP contribution is 2.14. The van der Waals surface area contributed by atoms with Crippen LogP contribution in [0.1, 0.15) is 33.6 Å². The Labute approximate surface area is 99.9 Å². The van der Waals surface area contributed by atoms with E-state index in [1.54, 1.807) is 29.2 Å². The molecule has 1 aromatic carbocycles. The molecule has 1 aromatic rings. The zero-order chi connectivity index (χ0) is 12.3. The van der Waals surface area contributed by atoms with Gasteiger partial charge in [-0.1, -0.05) is 12.1 Å². The van der Waals surface area contributed by atoms with Gasteiger partial charge in [0.25, 0.3) is 5.91 Å². The van der Waals surface area contributed by atoms with Crippen LogP contribution in [0.4, 0.5) is 0 Å². The predicted octanol–water partition coefficient (Wildman–Crippen LogP) is 1.10. The Bertz CT molecular complexity index is 405. The number of carbonyl (C=O) groups is 2. The number of nitrogens with zero attached hydrogens (tertiary/aromatic N) is 1. The highest BCUT2D eigenvalue weighted by atomic mass is 16.3. The molecular weight excluding hydrogens is 218 g/mol. The molecule has 2 rings (SSSR count). The van der Waals surface area contributed by atoms with E-state index in [1.807, 2.05) is 0 Å². The van der Waals surface area contributed by atoms with Crippen molar-refractivity contribution in [3.8, 4) is 0 Å². The molecule has 0 aliphatic carbocycles. The molecule has 0 bridgehead atoms. The van der Waals surface area contributed by atoms with Gasteiger partial charge < -0.3 is 10.0 Å². The second-order valence-corrected chi connectivity index (χ2v) is 4.26. The van der Waals surface area contributed by atoms with Crippen LogP contribution in [0, 0.1) is 0 Å². The minimum absolute atomic E-state index is 0.0330. The van der Waals surface area contributed by atoms with Crippen LogP contribution in [-0.4, -0.2) is 41.4 Å². The first-order valence-corrected chi connectivity index (χ1v) is 5.73. The van der Waals surface area contributed by atoms with Crippen molar-refractivity contribution in [3.63, 3.8) is 0 Å². The van der Waals surface area contributed by atoms with E-state index in [-0.39, 0.29) is 12.0 Å². The summed E-state index contributed by atoms with van der Waals surface area (Å²) in [5.74, 6) is -0.0330. The number of aliphatic hydroxyl groups excluding tert-OH is 1. The summed E-state index contributed by atoms with van der Waals surface area (Å²) in [6.07, 6.45) is 1.75. The van der Waals surface area contributed by atoms with Crippen molar-refractivity contribution in [1.29, 1.82) is 0 Å². The van der Waals surface area contributed by atoms with Crippen molar-refractivity contribution in [2.75, 3.05) is 13.1 Å². The highest BCUT2D eigenvalue weighted by Gasteiger charge is 2.21. The van der Waals surface area contributed by atoms with Crippen LogP contribution in [0.25, 0.3) is 0 Å². The van der Waals surface area contributed by atoms with Gasteiger partial charge in [0.05, 0.1) is 6.10 Å². The lowest BCUT2D eigenvalue weighted by Gasteiger charge is -2.29. The van der Waals surface area contributed by atoms with Crippen molar-refractivity contribution in [3.05, 3.63) is 35.4 Å². The fraction of sp³-hybridized carbons (Fsp3) is 0.385. The maximum absolute atomic E-state index is 12.1. The quantitative estimate of drug-likeness (QED) is 0.778. The van der Waals surface area contributed by atoms with E-state index in [2.05, 4.69) is 0 Å². The maximum Gasteiger partial charge on any atom is 0.253 e. The van der Waals surface area contributed by atoms with Crippen LogP contribution in [0.3, 0.4) is 0 Å². The van der Waals surface area contributed by atoms with Gasteiger partial charge in [-0.15, -0.1) is 0 Å².